The summed E-state index contributed by atoms with van der Waals surface area (Å²) in [5, 5.41) is 0.0953. The van der Waals surface area contributed by atoms with Crippen LogP contribution in [-0.2, 0) is 6.42 Å². The molecule has 0 aliphatic rings. The van der Waals surface area contributed by atoms with Crippen LogP contribution in [0.5, 0.6) is 0 Å². The van der Waals surface area contributed by atoms with Gasteiger partial charge in [0.15, 0.2) is 0 Å². The molecule has 0 unspecified atom stereocenters. The summed E-state index contributed by atoms with van der Waals surface area (Å²) in [6, 6.07) is 16.1. The topological polar surface area (TPSA) is 17.1 Å². The number of carbonyl (C=O) groups excluding carboxylic acids is 1. The fourth-order valence-electron chi connectivity index (χ4n) is 3.14. The highest BCUT2D eigenvalue weighted by Crippen LogP contribution is 2.23. The molecule has 0 atom stereocenters. The second-order valence-electron chi connectivity index (χ2n) is 7.53. The molecule has 0 aliphatic carbocycles. The highest BCUT2D eigenvalue weighted by molar-refractivity contribution is 8.14. The lowest BCUT2D eigenvalue weighted by atomic mass is 10.0. The number of hydrogen-bond donors (Lipinski definition) is 0. The van der Waals surface area contributed by atoms with Gasteiger partial charge in [-0.25, -0.2) is 0 Å². The predicted octanol–water partition coefficient (Wildman–Crippen LogP) is 8.06. The van der Waals surface area contributed by atoms with Crippen molar-refractivity contribution in [3.8, 4) is 11.8 Å². The van der Waals surface area contributed by atoms with E-state index in [9.17, 15) is 4.79 Å². The summed E-state index contributed by atoms with van der Waals surface area (Å²) >= 11 is 1.29. The zero-order valence-electron chi connectivity index (χ0n) is 18.0. The van der Waals surface area contributed by atoms with Crippen LogP contribution in [0, 0.1) is 11.8 Å². The van der Waals surface area contributed by atoms with E-state index in [0.29, 0.717) is 0 Å². The van der Waals surface area contributed by atoms with Crippen molar-refractivity contribution in [2.75, 3.05) is 0 Å². The Labute approximate surface area is 181 Å². The van der Waals surface area contributed by atoms with E-state index < -0.39 is 0 Å². The van der Waals surface area contributed by atoms with Gasteiger partial charge < -0.3 is 0 Å². The molecule has 0 bridgehead atoms. The average Bonchev–Trinajstić information content (AvgIpc) is 2.75. The van der Waals surface area contributed by atoms with Crippen molar-refractivity contribution < 1.29 is 4.79 Å². The third-order valence-electron chi connectivity index (χ3n) is 4.96. The zero-order chi connectivity index (χ0) is 20.7. The molecule has 0 N–H and O–H groups in total. The van der Waals surface area contributed by atoms with Gasteiger partial charge in [0, 0.05) is 22.4 Å². The van der Waals surface area contributed by atoms with E-state index in [4.69, 9.17) is 0 Å². The van der Waals surface area contributed by atoms with Gasteiger partial charge in [-0.15, -0.1) is 0 Å². The molecule has 29 heavy (non-hydrogen) atoms. The Morgan fingerprint density at radius 3 is 2.14 bits per heavy atom. The third-order valence-corrected chi connectivity index (χ3v) is 5.89. The van der Waals surface area contributed by atoms with Crippen LogP contribution < -0.4 is 0 Å². The first kappa shape index (κ1) is 23.3. The summed E-state index contributed by atoms with van der Waals surface area (Å²) < 4.78 is 0. The molecule has 0 saturated heterocycles. The van der Waals surface area contributed by atoms with Gasteiger partial charge in [0.05, 0.1) is 0 Å². The van der Waals surface area contributed by atoms with Gasteiger partial charge in [-0.05, 0) is 60.9 Å². The second kappa shape index (κ2) is 14.1. The van der Waals surface area contributed by atoms with Gasteiger partial charge in [0.2, 0.25) is 5.12 Å². The zero-order valence-corrected chi connectivity index (χ0v) is 18.8. The predicted molar refractivity (Wildman–Crippen MR) is 127 cm³/mol. The van der Waals surface area contributed by atoms with E-state index in [2.05, 4.69) is 37.8 Å². The van der Waals surface area contributed by atoms with E-state index >= 15 is 0 Å². The maximum atomic E-state index is 12.5. The van der Waals surface area contributed by atoms with Crippen LogP contribution in [0.25, 0.3) is 0 Å². The smallest absolute Gasteiger partial charge is 0.224 e. The summed E-state index contributed by atoms with van der Waals surface area (Å²) in [6.07, 6.45) is 12.2. The molecule has 154 valence electrons. The number of carbonyl (C=O) groups is 1. The van der Waals surface area contributed by atoms with Crippen molar-refractivity contribution in [3.63, 3.8) is 0 Å². The Kier molecular flexibility index (Phi) is 11.3. The molecule has 0 fully saturated rings. The van der Waals surface area contributed by atoms with Crippen molar-refractivity contribution in [1.82, 2.24) is 0 Å². The van der Waals surface area contributed by atoms with Gasteiger partial charge in [-0.2, -0.15) is 0 Å². The van der Waals surface area contributed by atoms with Crippen LogP contribution in [0.2, 0.25) is 0 Å². The van der Waals surface area contributed by atoms with Crippen LogP contribution in [0.1, 0.15) is 93.1 Å². The molecule has 1 nitrogen and oxygen atoms in total. The van der Waals surface area contributed by atoms with Gasteiger partial charge in [-0.3, -0.25) is 4.79 Å². The summed E-state index contributed by atoms with van der Waals surface area (Å²) in [6.45, 7) is 4.45. The SMILES string of the molecule is CCCCCC#Cc1ccc(SC(=O)c2ccc(CCCCCCC)cc2)cc1. The molecule has 2 aromatic carbocycles. The number of aryl methyl sites for hydroxylation is 1. The molecule has 2 heteroatoms. The minimum absolute atomic E-state index is 0.0953. The number of thioether (sulfide) groups is 1. The third kappa shape index (κ3) is 9.37. The molecule has 0 aliphatic heterocycles. The van der Waals surface area contributed by atoms with Gasteiger partial charge in [-0.1, -0.05) is 88.5 Å². The number of hydrogen-bond acceptors (Lipinski definition) is 2. The summed E-state index contributed by atoms with van der Waals surface area (Å²) in [7, 11) is 0. The second-order valence-corrected chi connectivity index (χ2v) is 8.58. The molecule has 0 amide bonds. The average molecular weight is 407 g/mol. The maximum absolute atomic E-state index is 12.5. The van der Waals surface area contributed by atoms with Crippen LogP contribution in [0.15, 0.2) is 53.4 Å². The van der Waals surface area contributed by atoms with E-state index in [1.807, 2.05) is 36.4 Å². The lowest BCUT2D eigenvalue weighted by Gasteiger charge is -2.04. The monoisotopic (exact) mass is 406 g/mol. The van der Waals surface area contributed by atoms with E-state index in [-0.39, 0.29) is 5.12 Å². The first-order valence-corrected chi connectivity index (χ1v) is 11.9. The summed E-state index contributed by atoms with van der Waals surface area (Å²) in [5.41, 5.74) is 3.11. The van der Waals surface area contributed by atoms with E-state index in [0.717, 1.165) is 28.9 Å². The fraction of sp³-hybridized carbons (Fsp3) is 0.444. The maximum Gasteiger partial charge on any atom is 0.224 e. The van der Waals surface area contributed by atoms with Crippen molar-refractivity contribution in [1.29, 1.82) is 0 Å². The molecule has 0 heterocycles. The molecular weight excluding hydrogens is 372 g/mol. The Balaban J connectivity index is 1.80. The summed E-state index contributed by atoms with van der Waals surface area (Å²) in [5.74, 6) is 6.43. The molecule has 2 rings (SSSR count). The molecular formula is C27H34OS. The molecule has 2 aromatic rings. The van der Waals surface area contributed by atoms with E-state index in [1.165, 1.54) is 68.7 Å². The molecule has 0 spiro atoms. The molecule has 0 saturated carbocycles. The van der Waals surface area contributed by atoms with Crippen LogP contribution in [-0.4, -0.2) is 5.12 Å². The summed E-state index contributed by atoms with van der Waals surface area (Å²) in [4.78, 5) is 13.5. The lowest BCUT2D eigenvalue weighted by molar-refractivity contribution is 0.108. The lowest BCUT2D eigenvalue weighted by Crippen LogP contribution is -1.94. The van der Waals surface area contributed by atoms with Crippen molar-refractivity contribution >= 4 is 16.9 Å². The van der Waals surface area contributed by atoms with Crippen LogP contribution >= 0.6 is 11.8 Å². The van der Waals surface area contributed by atoms with Crippen molar-refractivity contribution in [2.24, 2.45) is 0 Å². The van der Waals surface area contributed by atoms with Gasteiger partial charge in [0.25, 0.3) is 0 Å². The minimum atomic E-state index is 0.0953. The Morgan fingerprint density at radius 2 is 1.45 bits per heavy atom. The Hall–Kier alpha value is -1.98. The number of unbranched alkanes of at least 4 members (excludes halogenated alkanes) is 7. The largest absolute Gasteiger partial charge is 0.281 e. The first-order valence-electron chi connectivity index (χ1n) is 11.1. The number of benzene rings is 2. The standard InChI is InChI=1S/C27H34OS/c1-3-5-7-9-11-13-23-15-19-25(20-16-23)27(28)29-26-21-17-24(18-22-26)14-12-10-8-6-4-2/h15-22H,3-11,13H2,1-2H3. The van der Waals surface area contributed by atoms with Crippen molar-refractivity contribution in [3.05, 3.63) is 65.2 Å². The highest BCUT2D eigenvalue weighted by atomic mass is 32.2. The van der Waals surface area contributed by atoms with Gasteiger partial charge >= 0.3 is 0 Å². The quantitative estimate of drug-likeness (QED) is 0.213. The Morgan fingerprint density at radius 1 is 0.793 bits per heavy atom. The first-order chi connectivity index (χ1) is 14.2. The minimum Gasteiger partial charge on any atom is -0.281 e. The fourth-order valence-corrected chi connectivity index (χ4v) is 3.88. The highest BCUT2D eigenvalue weighted by Gasteiger charge is 2.08. The van der Waals surface area contributed by atoms with Crippen molar-refractivity contribution in [2.45, 2.75) is 83.0 Å². The van der Waals surface area contributed by atoms with Gasteiger partial charge in [0.1, 0.15) is 0 Å². The molecule has 0 radical (unpaired) electrons. The normalized spacial score (nSPS) is 10.4. The van der Waals surface area contributed by atoms with Crippen LogP contribution in [0.4, 0.5) is 0 Å². The van der Waals surface area contributed by atoms with Crippen LogP contribution in [0.3, 0.4) is 0 Å². The van der Waals surface area contributed by atoms with E-state index in [1.54, 1.807) is 0 Å². The Bertz CT molecular complexity index is 778. The number of rotatable bonds is 11. The molecule has 0 aromatic heterocycles.